The van der Waals surface area contributed by atoms with Crippen LogP contribution in [-0.4, -0.2) is 8.32 Å². The maximum absolute atomic E-state index is 6.58. The highest BCUT2D eigenvalue weighted by molar-refractivity contribution is 6.74. The van der Waals surface area contributed by atoms with E-state index >= 15 is 0 Å². The Morgan fingerprint density at radius 3 is 1.96 bits per heavy atom. The van der Waals surface area contributed by atoms with Crippen LogP contribution in [0.1, 0.15) is 31.9 Å². The van der Waals surface area contributed by atoms with Crippen LogP contribution in [0.4, 0.5) is 0 Å². The van der Waals surface area contributed by atoms with Crippen LogP contribution in [0.15, 0.2) is 72.8 Å². The van der Waals surface area contributed by atoms with Crippen LogP contribution in [0.5, 0.6) is 0 Å². The molecule has 0 aromatic heterocycles. The molecule has 1 nitrogen and oxygen atoms in total. The van der Waals surface area contributed by atoms with Gasteiger partial charge in [0.05, 0.1) is 0 Å². The van der Waals surface area contributed by atoms with Gasteiger partial charge >= 0.3 is 0 Å². The summed E-state index contributed by atoms with van der Waals surface area (Å²) in [5.74, 6) is 0.953. The number of hydrogen-bond acceptors (Lipinski definition) is 1. The molecule has 126 valence electrons. The summed E-state index contributed by atoms with van der Waals surface area (Å²) in [5.41, 5.74) is 2.31. The highest BCUT2D eigenvalue weighted by atomic mass is 28.4. The Hall–Kier alpha value is -2.06. The molecular formula is C22H28OSi. The van der Waals surface area contributed by atoms with Crippen molar-refractivity contribution in [1.82, 2.24) is 0 Å². The van der Waals surface area contributed by atoms with E-state index in [9.17, 15) is 0 Å². The standard InChI is InChI=1S/C22H28OSi/c1-22(2,3)24(4,5)23-21(20-16-10-7-11-17-20)18-12-15-19-13-8-6-9-14-19/h6-18H,1-5H3/b15-12-,21-18-. The lowest BCUT2D eigenvalue weighted by molar-refractivity contribution is 0.458. The van der Waals surface area contributed by atoms with Crippen LogP contribution < -0.4 is 0 Å². The van der Waals surface area contributed by atoms with Gasteiger partial charge in [0.25, 0.3) is 8.32 Å². The molecule has 0 atom stereocenters. The summed E-state index contributed by atoms with van der Waals surface area (Å²) in [6.45, 7) is 11.4. The molecule has 2 rings (SSSR count). The SMILES string of the molecule is CC(C)(C)[Si](C)(C)O/C(=C\C=C/c1ccccc1)c1ccccc1. The van der Waals surface area contributed by atoms with Gasteiger partial charge in [-0.25, -0.2) is 0 Å². The fourth-order valence-corrected chi connectivity index (χ4v) is 3.07. The molecule has 2 aromatic carbocycles. The summed E-state index contributed by atoms with van der Waals surface area (Å²) in [6, 6.07) is 20.7. The number of benzene rings is 2. The Labute approximate surface area is 147 Å². The number of hydrogen-bond donors (Lipinski definition) is 0. The molecular weight excluding hydrogens is 308 g/mol. The van der Waals surface area contributed by atoms with Crippen LogP contribution in [-0.2, 0) is 4.43 Å². The van der Waals surface area contributed by atoms with Gasteiger partial charge in [0, 0.05) is 5.56 Å². The van der Waals surface area contributed by atoms with Gasteiger partial charge < -0.3 is 4.43 Å². The summed E-state index contributed by atoms with van der Waals surface area (Å²) in [6.07, 6.45) is 6.27. The van der Waals surface area contributed by atoms with Crippen molar-refractivity contribution in [1.29, 1.82) is 0 Å². The van der Waals surface area contributed by atoms with Crippen molar-refractivity contribution < 1.29 is 4.43 Å². The van der Waals surface area contributed by atoms with Crippen molar-refractivity contribution in [3.63, 3.8) is 0 Å². The lowest BCUT2D eigenvalue weighted by Gasteiger charge is -2.37. The van der Waals surface area contributed by atoms with E-state index in [4.69, 9.17) is 4.43 Å². The van der Waals surface area contributed by atoms with Gasteiger partial charge in [0.1, 0.15) is 5.76 Å². The van der Waals surface area contributed by atoms with Crippen molar-refractivity contribution in [2.75, 3.05) is 0 Å². The second kappa shape index (κ2) is 7.67. The quantitative estimate of drug-likeness (QED) is 0.333. The second-order valence-electron chi connectivity index (χ2n) is 7.53. The zero-order chi connectivity index (χ0) is 17.6. The van der Waals surface area contributed by atoms with Gasteiger partial charge in [-0.2, -0.15) is 0 Å². The van der Waals surface area contributed by atoms with Gasteiger partial charge in [0.15, 0.2) is 0 Å². The number of allylic oxidation sites excluding steroid dienone is 2. The molecule has 0 N–H and O–H groups in total. The molecule has 2 aromatic rings. The molecule has 0 unspecified atom stereocenters. The Balaban J connectivity index is 2.30. The van der Waals surface area contributed by atoms with Crippen LogP contribution in [0.2, 0.25) is 18.1 Å². The lowest BCUT2D eigenvalue weighted by Crippen LogP contribution is -2.40. The topological polar surface area (TPSA) is 9.23 Å². The molecule has 0 aliphatic heterocycles. The van der Waals surface area contributed by atoms with Gasteiger partial charge in [-0.1, -0.05) is 93.6 Å². The maximum Gasteiger partial charge on any atom is 0.250 e. The molecule has 0 fully saturated rings. The van der Waals surface area contributed by atoms with Crippen molar-refractivity contribution in [3.8, 4) is 0 Å². The first-order chi connectivity index (χ1) is 11.3. The first kappa shape index (κ1) is 18.3. The van der Waals surface area contributed by atoms with Crippen LogP contribution in [0.25, 0.3) is 11.8 Å². The molecule has 0 aliphatic rings. The predicted molar refractivity (Wildman–Crippen MR) is 108 cm³/mol. The summed E-state index contributed by atoms with van der Waals surface area (Å²) in [7, 11) is -1.88. The molecule has 0 bridgehead atoms. The van der Waals surface area contributed by atoms with E-state index in [1.807, 2.05) is 24.3 Å². The Morgan fingerprint density at radius 1 is 0.875 bits per heavy atom. The summed E-state index contributed by atoms with van der Waals surface area (Å²) in [5, 5.41) is 0.171. The highest BCUT2D eigenvalue weighted by Crippen LogP contribution is 2.39. The zero-order valence-corrected chi connectivity index (χ0v) is 16.4. The van der Waals surface area contributed by atoms with Gasteiger partial charge in [-0.15, -0.1) is 0 Å². The molecule has 0 aliphatic carbocycles. The van der Waals surface area contributed by atoms with E-state index in [-0.39, 0.29) is 5.04 Å². The third-order valence-electron chi connectivity index (χ3n) is 4.57. The highest BCUT2D eigenvalue weighted by Gasteiger charge is 2.39. The zero-order valence-electron chi connectivity index (χ0n) is 15.4. The first-order valence-corrected chi connectivity index (χ1v) is 11.4. The van der Waals surface area contributed by atoms with Gasteiger partial charge in [-0.05, 0) is 29.8 Å². The first-order valence-electron chi connectivity index (χ1n) is 8.47. The Bertz CT molecular complexity index is 692. The molecule has 0 radical (unpaired) electrons. The predicted octanol–water partition coefficient (Wildman–Crippen LogP) is 6.76. The minimum atomic E-state index is -1.88. The van der Waals surface area contributed by atoms with Crippen LogP contribution >= 0.6 is 0 Å². The van der Waals surface area contributed by atoms with Crippen molar-refractivity contribution in [3.05, 3.63) is 83.9 Å². The van der Waals surface area contributed by atoms with Crippen molar-refractivity contribution in [2.45, 2.75) is 38.9 Å². The third-order valence-corrected chi connectivity index (χ3v) is 8.91. The normalized spacial score (nSPS) is 13.3. The van der Waals surface area contributed by atoms with Crippen molar-refractivity contribution >= 4 is 20.2 Å². The molecule has 0 spiro atoms. The van der Waals surface area contributed by atoms with Crippen LogP contribution in [0.3, 0.4) is 0 Å². The van der Waals surface area contributed by atoms with E-state index in [2.05, 4.69) is 88.5 Å². The van der Waals surface area contributed by atoms with Gasteiger partial charge in [-0.3, -0.25) is 0 Å². The molecule has 0 amide bonds. The van der Waals surface area contributed by atoms with E-state index in [1.54, 1.807) is 0 Å². The smallest absolute Gasteiger partial charge is 0.250 e. The lowest BCUT2D eigenvalue weighted by atomic mass is 10.1. The summed E-state index contributed by atoms with van der Waals surface area (Å²) >= 11 is 0. The number of rotatable bonds is 5. The molecule has 24 heavy (non-hydrogen) atoms. The largest absolute Gasteiger partial charge is 0.543 e. The van der Waals surface area contributed by atoms with E-state index < -0.39 is 8.32 Å². The molecule has 0 saturated carbocycles. The maximum atomic E-state index is 6.58. The van der Waals surface area contributed by atoms with Crippen molar-refractivity contribution in [2.24, 2.45) is 0 Å². The summed E-state index contributed by atoms with van der Waals surface area (Å²) in [4.78, 5) is 0. The van der Waals surface area contributed by atoms with Crippen LogP contribution in [0, 0.1) is 0 Å². The molecule has 2 heteroatoms. The average Bonchev–Trinajstić information content (AvgIpc) is 2.54. The summed E-state index contributed by atoms with van der Waals surface area (Å²) < 4.78 is 6.58. The molecule has 0 saturated heterocycles. The fraction of sp³-hybridized carbons (Fsp3) is 0.273. The van der Waals surface area contributed by atoms with E-state index in [0.717, 1.165) is 11.3 Å². The Morgan fingerprint density at radius 2 is 1.42 bits per heavy atom. The average molecular weight is 337 g/mol. The molecule has 0 heterocycles. The second-order valence-corrected chi connectivity index (χ2v) is 12.3. The van der Waals surface area contributed by atoms with E-state index in [1.165, 1.54) is 5.56 Å². The minimum Gasteiger partial charge on any atom is -0.543 e. The Kier molecular flexibility index (Phi) is 5.84. The minimum absolute atomic E-state index is 0.171. The third kappa shape index (κ3) is 4.97. The monoisotopic (exact) mass is 336 g/mol. The van der Waals surface area contributed by atoms with Gasteiger partial charge in [0.2, 0.25) is 0 Å². The fourth-order valence-electron chi connectivity index (χ4n) is 2.03. The van der Waals surface area contributed by atoms with E-state index in [0.29, 0.717) is 0 Å².